The number of hydrogen-bond acceptors (Lipinski definition) is 2. The molecule has 3 rings (SSSR count). The molecule has 0 saturated heterocycles. The summed E-state index contributed by atoms with van der Waals surface area (Å²) in [6.07, 6.45) is 3.40. The van der Waals surface area contributed by atoms with Crippen molar-refractivity contribution >= 4 is 11.0 Å². The lowest BCUT2D eigenvalue weighted by atomic mass is 10.2. The van der Waals surface area contributed by atoms with Crippen molar-refractivity contribution in [2.45, 2.75) is 0 Å². The van der Waals surface area contributed by atoms with Gasteiger partial charge >= 0.3 is 0 Å². The minimum Gasteiger partial charge on any atom is -0.456 e. The summed E-state index contributed by atoms with van der Waals surface area (Å²) in [4.78, 5) is 3.94. The van der Waals surface area contributed by atoms with Crippen LogP contribution in [0, 0.1) is 5.82 Å². The number of halogens is 1. The fourth-order valence-electron chi connectivity index (χ4n) is 1.67. The Morgan fingerprint density at radius 2 is 1.81 bits per heavy atom. The van der Waals surface area contributed by atoms with Crippen LogP contribution < -0.4 is 0 Å². The third-order valence-electron chi connectivity index (χ3n) is 2.44. The molecule has 3 aromatic rings. The molecule has 0 aliphatic heterocycles. The second-order valence-electron chi connectivity index (χ2n) is 3.53. The van der Waals surface area contributed by atoms with E-state index in [1.54, 1.807) is 18.5 Å². The highest BCUT2D eigenvalue weighted by atomic mass is 19.1. The SMILES string of the molecule is Fc1ccc2oc(-c3ccncc3)cc2c1. The molecule has 2 nitrogen and oxygen atoms in total. The molecule has 2 aromatic heterocycles. The Bertz CT molecular complexity index is 631. The molecule has 1 aromatic carbocycles. The van der Waals surface area contributed by atoms with Crippen molar-refractivity contribution < 1.29 is 8.81 Å². The van der Waals surface area contributed by atoms with Gasteiger partial charge in [-0.25, -0.2) is 4.39 Å². The third kappa shape index (κ3) is 1.46. The summed E-state index contributed by atoms with van der Waals surface area (Å²) in [6.45, 7) is 0. The van der Waals surface area contributed by atoms with Gasteiger partial charge in [-0.15, -0.1) is 0 Å². The van der Waals surface area contributed by atoms with E-state index in [0.29, 0.717) is 5.58 Å². The van der Waals surface area contributed by atoms with Crippen LogP contribution in [-0.4, -0.2) is 4.98 Å². The van der Waals surface area contributed by atoms with Gasteiger partial charge in [0.25, 0.3) is 0 Å². The number of pyridine rings is 1. The molecule has 0 saturated carbocycles. The summed E-state index contributed by atoms with van der Waals surface area (Å²) < 4.78 is 18.6. The number of furan rings is 1. The van der Waals surface area contributed by atoms with E-state index < -0.39 is 0 Å². The van der Waals surface area contributed by atoms with Gasteiger partial charge in [0.1, 0.15) is 17.2 Å². The Morgan fingerprint density at radius 3 is 2.62 bits per heavy atom. The van der Waals surface area contributed by atoms with Crippen LogP contribution in [0.5, 0.6) is 0 Å². The lowest BCUT2D eigenvalue weighted by Gasteiger charge is -1.92. The molecule has 0 N–H and O–H groups in total. The molecule has 0 fully saturated rings. The zero-order valence-electron chi connectivity index (χ0n) is 8.35. The quantitative estimate of drug-likeness (QED) is 0.616. The van der Waals surface area contributed by atoms with Crippen LogP contribution in [-0.2, 0) is 0 Å². The van der Waals surface area contributed by atoms with Gasteiger partial charge < -0.3 is 4.42 Å². The highest BCUT2D eigenvalue weighted by Crippen LogP contribution is 2.27. The van der Waals surface area contributed by atoms with Crippen molar-refractivity contribution in [1.82, 2.24) is 4.98 Å². The Hall–Kier alpha value is -2.16. The number of nitrogens with zero attached hydrogens (tertiary/aromatic N) is 1. The molecule has 0 radical (unpaired) electrons. The number of hydrogen-bond donors (Lipinski definition) is 0. The summed E-state index contributed by atoms with van der Waals surface area (Å²) in [5.74, 6) is 0.470. The zero-order valence-corrected chi connectivity index (χ0v) is 8.35. The molecule has 3 heteroatoms. The summed E-state index contributed by atoms with van der Waals surface area (Å²) in [6, 6.07) is 10.0. The van der Waals surface area contributed by atoms with Crippen LogP contribution in [0.25, 0.3) is 22.3 Å². The minimum atomic E-state index is -0.255. The number of fused-ring (bicyclic) bond motifs is 1. The van der Waals surface area contributed by atoms with Crippen LogP contribution in [0.3, 0.4) is 0 Å². The molecule has 0 amide bonds. The average molecular weight is 213 g/mol. The van der Waals surface area contributed by atoms with E-state index in [1.807, 2.05) is 18.2 Å². The Morgan fingerprint density at radius 1 is 1.00 bits per heavy atom. The van der Waals surface area contributed by atoms with Gasteiger partial charge in [0.05, 0.1) is 0 Å². The van der Waals surface area contributed by atoms with Gasteiger partial charge in [-0.1, -0.05) is 0 Å². The van der Waals surface area contributed by atoms with Gasteiger partial charge in [-0.2, -0.15) is 0 Å². The Labute approximate surface area is 91.3 Å². The standard InChI is InChI=1S/C13H8FNO/c14-11-1-2-12-10(7-11)8-13(16-12)9-3-5-15-6-4-9/h1-8H. The second kappa shape index (κ2) is 3.45. The van der Waals surface area contributed by atoms with Gasteiger partial charge in [0.15, 0.2) is 0 Å². The number of benzene rings is 1. The molecule has 0 aliphatic rings. The predicted molar refractivity (Wildman–Crippen MR) is 59.4 cm³/mol. The maximum Gasteiger partial charge on any atom is 0.135 e. The van der Waals surface area contributed by atoms with E-state index in [1.165, 1.54) is 12.1 Å². The van der Waals surface area contributed by atoms with Crippen LogP contribution in [0.4, 0.5) is 4.39 Å². The summed E-state index contributed by atoms with van der Waals surface area (Å²) in [7, 11) is 0. The van der Waals surface area contributed by atoms with E-state index >= 15 is 0 Å². The predicted octanol–water partition coefficient (Wildman–Crippen LogP) is 3.63. The van der Waals surface area contributed by atoms with Crippen molar-refractivity contribution in [3.63, 3.8) is 0 Å². The summed E-state index contributed by atoms with van der Waals surface area (Å²) >= 11 is 0. The van der Waals surface area contributed by atoms with Crippen molar-refractivity contribution in [1.29, 1.82) is 0 Å². The van der Waals surface area contributed by atoms with Crippen LogP contribution >= 0.6 is 0 Å². The first-order chi connectivity index (χ1) is 7.83. The molecule has 0 spiro atoms. The van der Waals surface area contributed by atoms with Gasteiger partial charge in [-0.05, 0) is 36.4 Å². The molecular formula is C13H8FNO. The van der Waals surface area contributed by atoms with Crippen LogP contribution in [0.1, 0.15) is 0 Å². The third-order valence-corrected chi connectivity index (χ3v) is 2.44. The first kappa shape index (κ1) is 9.09. The maximum atomic E-state index is 13.0. The topological polar surface area (TPSA) is 26.0 Å². The molecule has 16 heavy (non-hydrogen) atoms. The van der Waals surface area contributed by atoms with E-state index in [4.69, 9.17) is 4.42 Å². The summed E-state index contributed by atoms with van der Waals surface area (Å²) in [5.41, 5.74) is 1.62. The smallest absolute Gasteiger partial charge is 0.135 e. The second-order valence-corrected chi connectivity index (χ2v) is 3.53. The van der Waals surface area contributed by atoms with Crippen molar-refractivity contribution in [2.24, 2.45) is 0 Å². The fourth-order valence-corrected chi connectivity index (χ4v) is 1.67. The van der Waals surface area contributed by atoms with Crippen molar-refractivity contribution in [3.8, 4) is 11.3 Å². The van der Waals surface area contributed by atoms with Gasteiger partial charge in [0, 0.05) is 23.3 Å². The molecule has 2 heterocycles. The minimum absolute atomic E-state index is 0.255. The Balaban J connectivity index is 2.19. The molecule has 0 unspecified atom stereocenters. The van der Waals surface area contributed by atoms with Crippen LogP contribution in [0.15, 0.2) is 53.2 Å². The highest BCUT2D eigenvalue weighted by Gasteiger charge is 2.06. The van der Waals surface area contributed by atoms with Crippen LogP contribution in [0.2, 0.25) is 0 Å². The molecule has 0 aliphatic carbocycles. The monoisotopic (exact) mass is 213 g/mol. The van der Waals surface area contributed by atoms with E-state index in [-0.39, 0.29) is 5.82 Å². The average Bonchev–Trinajstić information content (AvgIpc) is 2.73. The lowest BCUT2D eigenvalue weighted by molar-refractivity contribution is 0.619. The van der Waals surface area contributed by atoms with E-state index in [2.05, 4.69) is 4.98 Å². The molecule has 78 valence electrons. The molecule has 0 atom stereocenters. The normalized spacial score (nSPS) is 10.8. The number of aromatic nitrogens is 1. The largest absolute Gasteiger partial charge is 0.456 e. The zero-order chi connectivity index (χ0) is 11.0. The first-order valence-corrected chi connectivity index (χ1v) is 4.92. The highest BCUT2D eigenvalue weighted by molar-refractivity contribution is 5.82. The van der Waals surface area contributed by atoms with Crippen molar-refractivity contribution in [2.75, 3.05) is 0 Å². The number of rotatable bonds is 1. The Kier molecular flexibility index (Phi) is 1.96. The van der Waals surface area contributed by atoms with Gasteiger partial charge in [-0.3, -0.25) is 4.98 Å². The lowest BCUT2D eigenvalue weighted by Crippen LogP contribution is -1.72. The maximum absolute atomic E-state index is 13.0. The molecular weight excluding hydrogens is 205 g/mol. The van der Waals surface area contributed by atoms with Crippen molar-refractivity contribution in [3.05, 3.63) is 54.6 Å². The first-order valence-electron chi connectivity index (χ1n) is 4.92. The summed E-state index contributed by atoms with van der Waals surface area (Å²) in [5, 5.41) is 0.770. The van der Waals surface area contributed by atoms with Gasteiger partial charge in [0.2, 0.25) is 0 Å². The fraction of sp³-hybridized carbons (Fsp3) is 0. The molecule has 0 bridgehead atoms. The van der Waals surface area contributed by atoms with E-state index in [0.717, 1.165) is 16.7 Å². The van der Waals surface area contributed by atoms with E-state index in [9.17, 15) is 4.39 Å².